The van der Waals surface area contributed by atoms with Crippen LogP contribution in [0.5, 0.6) is 0 Å². The number of halogens is 3. The van der Waals surface area contributed by atoms with Crippen molar-refractivity contribution in [1.82, 2.24) is 19.8 Å². The van der Waals surface area contributed by atoms with E-state index in [4.69, 9.17) is 11.6 Å². The number of hydrogen-bond donors (Lipinski definition) is 0. The van der Waals surface area contributed by atoms with Crippen LogP contribution in [0, 0.1) is 25.5 Å². The first-order valence-electron chi connectivity index (χ1n) is 5.82. The van der Waals surface area contributed by atoms with Gasteiger partial charge in [0.05, 0.1) is 5.56 Å². The molecule has 0 spiro atoms. The van der Waals surface area contributed by atoms with Crippen LogP contribution in [-0.2, 0) is 0 Å². The molecule has 2 heterocycles. The van der Waals surface area contributed by atoms with Crippen molar-refractivity contribution in [1.29, 1.82) is 0 Å². The molecule has 0 aliphatic rings. The van der Waals surface area contributed by atoms with E-state index in [0.717, 1.165) is 23.3 Å². The average molecular weight is 295 g/mol. The summed E-state index contributed by atoms with van der Waals surface area (Å²) in [6.45, 7) is 3.65. The number of aromatic nitrogens is 4. The van der Waals surface area contributed by atoms with Gasteiger partial charge in [0.15, 0.2) is 16.6 Å². The summed E-state index contributed by atoms with van der Waals surface area (Å²) >= 11 is 6.03. The molecule has 4 nitrogen and oxygen atoms in total. The van der Waals surface area contributed by atoms with Gasteiger partial charge in [-0.05, 0) is 31.5 Å². The normalized spacial score (nSPS) is 11.2. The highest BCUT2D eigenvalue weighted by atomic mass is 35.5. The van der Waals surface area contributed by atoms with E-state index in [1.54, 1.807) is 0 Å². The van der Waals surface area contributed by atoms with Crippen molar-refractivity contribution < 1.29 is 8.78 Å². The summed E-state index contributed by atoms with van der Waals surface area (Å²) in [5.74, 6) is -1.20. The van der Waals surface area contributed by atoms with Crippen molar-refractivity contribution in [2.24, 2.45) is 0 Å². The Morgan fingerprint density at radius 2 is 1.85 bits per heavy atom. The van der Waals surface area contributed by atoms with E-state index < -0.39 is 11.6 Å². The molecule has 0 atom stereocenters. The molecule has 0 aliphatic carbocycles. The zero-order chi connectivity index (χ0) is 14.4. The van der Waals surface area contributed by atoms with Crippen LogP contribution in [0.15, 0.2) is 18.2 Å². The van der Waals surface area contributed by atoms with Gasteiger partial charge in [-0.15, -0.1) is 10.2 Å². The summed E-state index contributed by atoms with van der Waals surface area (Å²) < 4.78 is 28.2. The monoisotopic (exact) mass is 294 g/mol. The highest BCUT2D eigenvalue weighted by Crippen LogP contribution is 2.25. The number of fused-ring (bicyclic) bond motifs is 1. The van der Waals surface area contributed by atoms with Gasteiger partial charge >= 0.3 is 0 Å². The van der Waals surface area contributed by atoms with Gasteiger partial charge in [0.2, 0.25) is 0 Å². The summed E-state index contributed by atoms with van der Waals surface area (Å²) in [5, 5.41) is 12.3. The van der Waals surface area contributed by atoms with Crippen molar-refractivity contribution in [2.75, 3.05) is 0 Å². The van der Waals surface area contributed by atoms with Gasteiger partial charge in [-0.3, -0.25) is 0 Å². The molecular weight excluding hydrogens is 286 g/mol. The Kier molecular flexibility index (Phi) is 2.90. The summed E-state index contributed by atoms with van der Waals surface area (Å²) in [5.41, 5.74) is 2.21. The lowest BCUT2D eigenvalue weighted by atomic mass is 10.2. The lowest BCUT2D eigenvalue weighted by Gasteiger charge is -2.05. The molecule has 20 heavy (non-hydrogen) atoms. The lowest BCUT2D eigenvalue weighted by molar-refractivity contribution is 0.584. The second kappa shape index (κ2) is 4.49. The molecule has 0 radical (unpaired) electrons. The Labute approximate surface area is 118 Å². The van der Waals surface area contributed by atoms with Gasteiger partial charge in [-0.25, -0.2) is 8.78 Å². The molecule has 102 valence electrons. The van der Waals surface area contributed by atoms with E-state index in [9.17, 15) is 8.78 Å². The summed E-state index contributed by atoms with van der Waals surface area (Å²) in [7, 11) is 0. The molecule has 7 heteroatoms. The maximum absolute atomic E-state index is 13.8. The first-order valence-corrected chi connectivity index (χ1v) is 6.20. The van der Waals surface area contributed by atoms with Crippen molar-refractivity contribution >= 4 is 17.2 Å². The van der Waals surface area contributed by atoms with Crippen molar-refractivity contribution in [3.05, 3.63) is 46.1 Å². The van der Waals surface area contributed by atoms with Crippen LogP contribution in [0.3, 0.4) is 0 Å². The summed E-state index contributed by atoms with van der Waals surface area (Å²) in [6, 6.07) is 3.24. The van der Waals surface area contributed by atoms with Gasteiger partial charge < -0.3 is 0 Å². The fourth-order valence-electron chi connectivity index (χ4n) is 1.93. The third-order valence-electron chi connectivity index (χ3n) is 3.21. The minimum absolute atomic E-state index is 0.116. The van der Waals surface area contributed by atoms with E-state index in [2.05, 4.69) is 15.3 Å². The standard InChI is InChI=1S/C13H9ClF2N4/c1-6-7(2)12-17-18-13(20(12)19-11(6)14)9-4-3-8(15)5-10(9)16/h3-5H,1-2H3. The van der Waals surface area contributed by atoms with Crippen molar-refractivity contribution in [3.63, 3.8) is 0 Å². The summed E-state index contributed by atoms with van der Waals surface area (Å²) in [4.78, 5) is 0. The number of hydrogen-bond acceptors (Lipinski definition) is 3. The average Bonchev–Trinajstić information content (AvgIpc) is 2.80. The van der Waals surface area contributed by atoms with E-state index in [-0.39, 0.29) is 11.4 Å². The Hall–Kier alpha value is -2.08. The highest BCUT2D eigenvalue weighted by molar-refractivity contribution is 6.30. The zero-order valence-electron chi connectivity index (χ0n) is 10.7. The fraction of sp³-hybridized carbons (Fsp3) is 0.154. The molecule has 0 aliphatic heterocycles. The lowest BCUT2D eigenvalue weighted by Crippen LogP contribution is -2.01. The quantitative estimate of drug-likeness (QED) is 0.691. The molecule has 3 rings (SSSR count). The Morgan fingerprint density at radius 3 is 2.55 bits per heavy atom. The third kappa shape index (κ3) is 1.84. The maximum atomic E-state index is 13.8. The van der Waals surface area contributed by atoms with E-state index in [1.807, 2.05) is 13.8 Å². The number of rotatable bonds is 1. The first kappa shape index (κ1) is 12.9. The number of benzene rings is 1. The van der Waals surface area contributed by atoms with Gasteiger partial charge in [-0.1, -0.05) is 11.6 Å². The molecule has 0 bridgehead atoms. The summed E-state index contributed by atoms with van der Waals surface area (Å²) in [6.07, 6.45) is 0. The molecular formula is C13H9ClF2N4. The molecule has 0 amide bonds. The van der Waals surface area contributed by atoms with Gasteiger partial charge in [0, 0.05) is 11.6 Å². The fourth-order valence-corrected chi connectivity index (χ4v) is 2.15. The van der Waals surface area contributed by atoms with Crippen LogP contribution in [0.4, 0.5) is 8.78 Å². The smallest absolute Gasteiger partial charge is 0.188 e. The third-order valence-corrected chi connectivity index (χ3v) is 3.57. The Morgan fingerprint density at radius 1 is 1.10 bits per heavy atom. The molecule has 3 aromatic rings. The maximum Gasteiger partial charge on any atom is 0.188 e. The largest absolute Gasteiger partial charge is 0.207 e. The topological polar surface area (TPSA) is 43.1 Å². The molecule has 0 fully saturated rings. The predicted octanol–water partition coefficient (Wildman–Crippen LogP) is 3.34. The van der Waals surface area contributed by atoms with Gasteiger partial charge in [0.1, 0.15) is 11.6 Å². The molecule has 0 saturated carbocycles. The van der Waals surface area contributed by atoms with Crippen LogP contribution in [-0.4, -0.2) is 19.8 Å². The first-order chi connectivity index (χ1) is 9.49. The minimum atomic E-state index is -0.726. The van der Waals surface area contributed by atoms with Gasteiger partial charge in [-0.2, -0.15) is 9.61 Å². The van der Waals surface area contributed by atoms with E-state index in [1.165, 1.54) is 10.6 Å². The SMILES string of the molecule is Cc1c(Cl)nn2c(-c3ccc(F)cc3F)nnc2c1C. The highest BCUT2D eigenvalue weighted by Gasteiger charge is 2.17. The van der Waals surface area contributed by atoms with Crippen LogP contribution in [0.2, 0.25) is 5.15 Å². The van der Waals surface area contributed by atoms with E-state index >= 15 is 0 Å². The molecule has 0 N–H and O–H groups in total. The van der Waals surface area contributed by atoms with E-state index in [0.29, 0.717) is 10.8 Å². The van der Waals surface area contributed by atoms with Gasteiger partial charge in [0.25, 0.3) is 0 Å². The van der Waals surface area contributed by atoms with Crippen molar-refractivity contribution in [3.8, 4) is 11.4 Å². The second-order valence-electron chi connectivity index (χ2n) is 4.42. The van der Waals surface area contributed by atoms with Crippen LogP contribution >= 0.6 is 11.6 Å². The second-order valence-corrected chi connectivity index (χ2v) is 4.78. The molecule has 0 unspecified atom stereocenters. The predicted molar refractivity (Wildman–Crippen MR) is 70.6 cm³/mol. The molecule has 2 aromatic heterocycles. The minimum Gasteiger partial charge on any atom is -0.207 e. The van der Waals surface area contributed by atoms with Crippen LogP contribution < -0.4 is 0 Å². The molecule has 1 aromatic carbocycles. The van der Waals surface area contributed by atoms with Crippen LogP contribution in [0.25, 0.3) is 17.0 Å². The Balaban J connectivity index is 2.33. The zero-order valence-corrected chi connectivity index (χ0v) is 11.4. The number of aryl methyl sites for hydroxylation is 1. The van der Waals surface area contributed by atoms with Crippen molar-refractivity contribution in [2.45, 2.75) is 13.8 Å². The van der Waals surface area contributed by atoms with Crippen LogP contribution in [0.1, 0.15) is 11.1 Å². The Bertz CT molecular complexity index is 829. The molecule has 0 saturated heterocycles. The number of nitrogens with zero attached hydrogens (tertiary/aromatic N) is 4.